The van der Waals surface area contributed by atoms with E-state index >= 15 is 0 Å². The number of aromatic nitrogens is 4. The number of ether oxygens (including phenoxy) is 1. The summed E-state index contributed by atoms with van der Waals surface area (Å²) in [5.41, 5.74) is 2.92. The average molecular weight is 417 g/mol. The molecular weight excluding hydrogens is 392 g/mol. The molecule has 0 fully saturated rings. The molecule has 0 aromatic carbocycles. The Hall–Kier alpha value is -2.81. The lowest BCUT2D eigenvalue weighted by Gasteiger charge is -2.10. The molecule has 1 unspecified atom stereocenters. The summed E-state index contributed by atoms with van der Waals surface area (Å²) in [7, 11) is 1.85. The van der Waals surface area contributed by atoms with Crippen molar-refractivity contribution in [1.82, 2.24) is 19.7 Å². The second kappa shape index (κ2) is 8.28. The van der Waals surface area contributed by atoms with Crippen molar-refractivity contribution in [3.05, 3.63) is 40.6 Å². The largest absolute Gasteiger partial charge is 0.469 e. The van der Waals surface area contributed by atoms with Crippen LogP contribution in [0, 0.1) is 20.8 Å². The van der Waals surface area contributed by atoms with E-state index in [0.717, 1.165) is 11.3 Å². The fourth-order valence-corrected chi connectivity index (χ4v) is 4.06. The SMILES string of the molecule is CCOC(=O)c1c(C)[nH]c(C(=O)C(C)Sc2nnc(-c3ccoc3C)n2C)c1C. The number of aryl methyl sites for hydroxylation is 2. The van der Waals surface area contributed by atoms with E-state index in [4.69, 9.17) is 9.15 Å². The van der Waals surface area contributed by atoms with Crippen LogP contribution >= 0.6 is 11.8 Å². The predicted molar refractivity (Wildman–Crippen MR) is 109 cm³/mol. The van der Waals surface area contributed by atoms with Gasteiger partial charge in [-0.1, -0.05) is 11.8 Å². The summed E-state index contributed by atoms with van der Waals surface area (Å²) < 4.78 is 12.3. The van der Waals surface area contributed by atoms with Crippen molar-refractivity contribution in [2.45, 2.75) is 45.0 Å². The van der Waals surface area contributed by atoms with Crippen LogP contribution in [0.2, 0.25) is 0 Å². The van der Waals surface area contributed by atoms with Crippen molar-refractivity contribution in [1.29, 1.82) is 0 Å². The number of rotatable bonds is 7. The quantitative estimate of drug-likeness (QED) is 0.354. The molecule has 1 atom stereocenters. The van der Waals surface area contributed by atoms with Gasteiger partial charge in [0.25, 0.3) is 0 Å². The van der Waals surface area contributed by atoms with Crippen LogP contribution in [0.4, 0.5) is 0 Å². The Morgan fingerprint density at radius 1 is 1.31 bits per heavy atom. The highest BCUT2D eigenvalue weighted by molar-refractivity contribution is 8.00. The molecule has 29 heavy (non-hydrogen) atoms. The Morgan fingerprint density at radius 2 is 2.03 bits per heavy atom. The molecule has 0 bridgehead atoms. The molecule has 0 aliphatic carbocycles. The van der Waals surface area contributed by atoms with E-state index in [1.54, 1.807) is 27.0 Å². The minimum Gasteiger partial charge on any atom is -0.469 e. The number of aromatic amines is 1. The summed E-state index contributed by atoms with van der Waals surface area (Å²) in [5, 5.41) is 8.65. The zero-order valence-electron chi connectivity index (χ0n) is 17.3. The highest BCUT2D eigenvalue weighted by Crippen LogP contribution is 2.30. The zero-order valence-corrected chi connectivity index (χ0v) is 18.1. The van der Waals surface area contributed by atoms with Crippen LogP contribution in [0.15, 0.2) is 21.9 Å². The van der Waals surface area contributed by atoms with E-state index in [9.17, 15) is 9.59 Å². The second-order valence-electron chi connectivity index (χ2n) is 6.73. The number of thioether (sulfide) groups is 1. The number of esters is 1. The van der Waals surface area contributed by atoms with Gasteiger partial charge in [0, 0.05) is 12.7 Å². The van der Waals surface area contributed by atoms with E-state index in [-0.39, 0.29) is 12.4 Å². The molecular formula is C20H24N4O4S. The van der Waals surface area contributed by atoms with Crippen LogP contribution in [0.3, 0.4) is 0 Å². The highest BCUT2D eigenvalue weighted by Gasteiger charge is 2.27. The molecule has 0 radical (unpaired) electrons. The Labute approximate surface area is 173 Å². The lowest BCUT2D eigenvalue weighted by Crippen LogP contribution is -2.16. The predicted octanol–water partition coefficient (Wildman–Crippen LogP) is 3.87. The van der Waals surface area contributed by atoms with E-state index < -0.39 is 11.2 Å². The molecule has 9 heteroatoms. The minimum absolute atomic E-state index is 0.116. The van der Waals surface area contributed by atoms with E-state index in [1.807, 2.05) is 31.5 Å². The monoisotopic (exact) mass is 416 g/mol. The van der Waals surface area contributed by atoms with Gasteiger partial charge in [-0.15, -0.1) is 10.2 Å². The molecule has 0 spiro atoms. The molecule has 0 saturated carbocycles. The van der Waals surface area contributed by atoms with Gasteiger partial charge in [0.05, 0.1) is 34.9 Å². The minimum atomic E-state index is -0.428. The number of Topliss-reactive ketones (excluding diaryl/α,β-unsaturated/α-hetero) is 1. The molecule has 3 aromatic heterocycles. The highest BCUT2D eigenvalue weighted by atomic mass is 32.2. The van der Waals surface area contributed by atoms with Crippen molar-refractivity contribution in [3.63, 3.8) is 0 Å². The number of ketones is 1. The van der Waals surface area contributed by atoms with Gasteiger partial charge in [0.2, 0.25) is 0 Å². The van der Waals surface area contributed by atoms with Crippen LogP contribution in [0.5, 0.6) is 0 Å². The van der Waals surface area contributed by atoms with Gasteiger partial charge in [-0.25, -0.2) is 4.79 Å². The molecule has 3 aromatic rings. The fourth-order valence-electron chi connectivity index (χ4n) is 3.19. The number of carbonyl (C=O) groups excluding carboxylic acids is 2. The van der Waals surface area contributed by atoms with Gasteiger partial charge < -0.3 is 18.7 Å². The number of hydrogen-bond donors (Lipinski definition) is 1. The first kappa shape index (κ1) is 20.9. The lowest BCUT2D eigenvalue weighted by atomic mass is 10.1. The van der Waals surface area contributed by atoms with Gasteiger partial charge in [0.15, 0.2) is 16.8 Å². The molecule has 154 valence electrons. The van der Waals surface area contributed by atoms with Crippen LogP contribution in [-0.4, -0.2) is 43.4 Å². The molecule has 0 amide bonds. The van der Waals surface area contributed by atoms with Crippen LogP contribution < -0.4 is 0 Å². The Morgan fingerprint density at radius 3 is 2.66 bits per heavy atom. The number of nitrogens with one attached hydrogen (secondary N) is 1. The summed E-state index contributed by atoms with van der Waals surface area (Å²) in [6.07, 6.45) is 1.61. The summed E-state index contributed by atoms with van der Waals surface area (Å²) in [5.74, 6) is 0.891. The van der Waals surface area contributed by atoms with Crippen molar-refractivity contribution >= 4 is 23.5 Å². The first-order valence-corrected chi connectivity index (χ1v) is 10.1. The Balaban J connectivity index is 1.82. The Kier molecular flexibility index (Phi) is 5.97. The van der Waals surface area contributed by atoms with Gasteiger partial charge in [-0.3, -0.25) is 4.79 Å². The van der Waals surface area contributed by atoms with Crippen LogP contribution in [0.1, 0.15) is 51.7 Å². The third-order valence-corrected chi connectivity index (χ3v) is 5.88. The van der Waals surface area contributed by atoms with Gasteiger partial charge in [-0.05, 0) is 46.2 Å². The standard InChI is InChI=1S/C20H24N4O4S/c1-7-27-19(26)15-10(2)16(21-11(15)3)17(25)13(5)29-20-23-22-18(24(20)6)14-8-9-28-12(14)4/h8-9,13,21H,7H2,1-6H3. The molecule has 0 aliphatic rings. The normalized spacial score (nSPS) is 12.2. The molecule has 3 rings (SSSR count). The van der Waals surface area contributed by atoms with Gasteiger partial charge in [0.1, 0.15) is 5.76 Å². The molecule has 1 N–H and O–H groups in total. The number of hydrogen-bond acceptors (Lipinski definition) is 7. The van der Waals surface area contributed by atoms with E-state index in [0.29, 0.717) is 33.5 Å². The second-order valence-corrected chi connectivity index (χ2v) is 8.03. The number of carbonyl (C=O) groups is 2. The summed E-state index contributed by atoms with van der Waals surface area (Å²) in [4.78, 5) is 28.3. The third kappa shape index (κ3) is 3.87. The maximum atomic E-state index is 13.0. The van der Waals surface area contributed by atoms with E-state index in [2.05, 4.69) is 15.2 Å². The third-order valence-electron chi connectivity index (χ3n) is 4.75. The first-order chi connectivity index (χ1) is 13.8. The molecule has 8 nitrogen and oxygen atoms in total. The summed E-state index contributed by atoms with van der Waals surface area (Å²) in [6.45, 7) is 9.21. The zero-order chi connectivity index (χ0) is 21.3. The maximum absolute atomic E-state index is 13.0. The lowest BCUT2D eigenvalue weighted by molar-refractivity contribution is 0.0525. The van der Waals surface area contributed by atoms with E-state index in [1.165, 1.54) is 11.8 Å². The topological polar surface area (TPSA) is 103 Å². The van der Waals surface area contributed by atoms with Gasteiger partial charge >= 0.3 is 5.97 Å². The molecule has 0 saturated heterocycles. The van der Waals surface area contributed by atoms with Crippen molar-refractivity contribution in [2.24, 2.45) is 7.05 Å². The number of nitrogens with zero attached hydrogens (tertiary/aromatic N) is 3. The van der Waals surface area contributed by atoms with Crippen molar-refractivity contribution in [2.75, 3.05) is 6.61 Å². The fraction of sp³-hybridized carbons (Fsp3) is 0.400. The summed E-state index contributed by atoms with van der Waals surface area (Å²) >= 11 is 1.31. The number of H-pyrrole nitrogens is 1. The van der Waals surface area contributed by atoms with Crippen LogP contribution in [-0.2, 0) is 11.8 Å². The Bertz CT molecular complexity index is 1060. The smallest absolute Gasteiger partial charge is 0.340 e. The van der Waals surface area contributed by atoms with Gasteiger partial charge in [-0.2, -0.15) is 0 Å². The molecule has 3 heterocycles. The molecule has 0 aliphatic heterocycles. The van der Waals surface area contributed by atoms with Crippen molar-refractivity contribution < 1.29 is 18.7 Å². The maximum Gasteiger partial charge on any atom is 0.340 e. The number of furan rings is 1. The van der Waals surface area contributed by atoms with Crippen LogP contribution in [0.25, 0.3) is 11.4 Å². The summed E-state index contributed by atoms with van der Waals surface area (Å²) in [6, 6.07) is 1.84. The first-order valence-electron chi connectivity index (χ1n) is 9.27. The van der Waals surface area contributed by atoms with Crippen molar-refractivity contribution in [3.8, 4) is 11.4 Å². The average Bonchev–Trinajstić information content (AvgIpc) is 3.33.